The van der Waals surface area contributed by atoms with Gasteiger partial charge in [-0.1, -0.05) is 32.9 Å². The van der Waals surface area contributed by atoms with Gasteiger partial charge < -0.3 is 19.3 Å². The second-order valence-corrected chi connectivity index (χ2v) is 9.13. The van der Waals surface area contributed by atoms with Gasteiger partial charge in [0.2, 0.25) is 5.91 Å². The van der Waals surface area contributed by atoms with Crippen molar-refractivity contribution in [3.8, 4) is 5.75 Å². The number of carbonyl (C=O) groups is 2. The number of hydrogen-bond acceptors (Lipinski definition) is 5. The summed E-state index contributed by atoms with van der Waals surface area (Å²) in [5.74, 6) is 0.797. The normalized spacial score (nSPS) is 19.5. The SMILES string of the molecule is CC(Oc1ccc(C(C)(C)C)cc1)C(=O)N1CCN(C(=O)CN2CCOCC2)CC1. The molecule has 0 aliphatic carbocycles. The third-order valence-electron chi connectivity index (χ3n) is 5.79. The maximum Gasteiger partial charge on any atom is 0.263 e. The molecule has 0 aromatic heterocycles. The molecule has 30 heavy (non-hydrogen) atoms. The molecule has 2 aliphatic heterocycles. The van der Waals surface area contributed by atoms with Crippen LogP contribution in [0.1, 0.15) is 33.3 Å². The summed E-state index contributed by atoms with van der Waals surface area (Å²) >= 11 is 0. The minimum atomic E-state index is -0.555. The predicted octanol–water partition coefficient (Wildman–Crippen LogP) is 1.75. The fraction of sp³-hybridized carbons (Fsp3) is 0.652. The smallest absolute Gasteiger partial charge is 0.263 e. The average Bonchev–Trinajstić information content (AvgIpc) is 2.73. The Bertz CT molecular complexity index is 715. The summed E-state index contributed by atoms with van der Waals surface area (Å²) in [6.45, 7) is 13.9. The second kappa shape index (κ2) is 9.79. The zero-order chi connectivity index (χ0) is 21.7. The Morgan fingerprint density at radius 2 is 1.53 bits per heavy atom. The molecule has 0 spiro atoms. The van der Waals surface area contributed by atoms with Crippen LogP contribution >= 0.6 is 0 Å². The number of ether oxygens (including phenoxy) is 2. The van der Waals surface area contributed by atoms with Gasteiger partial charge >= 0.3 is 0 Å². The van der Waals surface area contributed by atoms with Crippen molar-refractivity contribution in [2.24, 2.45) is 0 Å². The van der Waals surface area contributed by atoms with Gasteiger partial charge in [-0.15, -0.1) is 0 Å². The molecule has 1 aromatic carbocycles. The van der Waals surface area contributed by atoms with Crippen LogP contribution in [0.5, 0.6) is 5.75 Å². The first kappa shape index (κ1) is 22.6. The highest BCUT2D eigenvalue weighted by Crippen LogP contribution is 2.24. The lowest BCUT2D eigenvalue weighted by molar-refractivity contribution is -0.144. The van der Waals surface area contributed by atoms with Gasteiger partial charge in [-0.2, -0.15) is 0 Å². The van der Waals surface area contributed by atoms with Crippen molar-refractivity contribution in [1.82, 2.24) is 14.7 Å². The van der Waals surface area contributed by atoms with E-state index in [0.29, 0.717) is 51.7 Å². The average molecular weight is 418 g/mol. The molecule has 0 bridgehead atoms. The number of benzene rings is 1. The van der Waals surface area contributed by atoms with E-state index in [9.17, 15) is 9.59 Å². The summed E-state index contributed by atoms with van der Waals surface area (Å²) in [6, 6.07) is 7.94. The fourth-order valence-electron chi connectivity index (χ4n) is 3.77. The standard InChI is InChI=1S/C23H35N3O4/c1-18(30-20-7-5-19(6-8-20)23(2,3)4)22(28)26-11-9-25(10-12-26)21(27)17-24-13-15-29-16-14-24/h5-8,18H,9-17H2,1-4H3. The lowest BCUT2D eigenvalue weighted by atomic mass is 9.87. The molecule has 2 fully saturated rings. The van der Waals surface area contributed by atoms with Gasteiger partial charge in [0.1, 0.15) is 5.75 Å². The van der Waals surface area contributed by atoms with Crippen LogP contribution in [0.15, 0.2) is 24.3 Å². The third-order valence-corrected chi connectivity index (χ3v) is 5.79. The highest BCUT2D eigenvalue weighted by Gasteiger charge is 2.28. The van der Waals surface area contributed by atoms with Crippen LogP contribution in [0.2, 0.25) is 0 Å². The van der Waals surface area contributed by atoms with E-state index in [0.717, 1.165) is 13.1 Å². The monoisotopic (exact) mass is 417 g/mol. The molecule has 7 nitrogen and oxygen atoms in total. The van der Waals surface area contributed by atoms with Crippen molar-refractivity contribution < 1.29 is 19.1 Å². The molecule has 2 aliphatic rings. The van der Waals surface area contributed by atoms with E-state index >= 15 is 0 Å². The molecular weight excluding hydrogens is 382 g/mol. The first-order valence-electron chi connectivity index (χ1n) is 10.9. The van der Waals surface area contributed by atoms with Crippen molar-refractivity contribution in [3.63, 3.8) is 0 Å². The maximum atomic E-state index is 12.8. The summed E-state index contributed by atoms with van der Waals surface area (Å²) in [6.07, 6.45) is -0.555. The topological polar surface area (TPSA) is 62.3 Å². The number of amides is 2. The Balaban J connectivity index is 1.45. The summed E-state index contributed by atoms with van der Waals surface area (Å²) in [4.78, 5) is 31.1. The van der Waals surface area contributed by atoms with Crippen LogP contribution in [0, 0.1) is 0 Å². The number of carbonyl (C=O) groups excluding carboxylic acids is 2. The summed E-state index contributed by atoms with van der Waals surface area (Å²) in [7, 11) is 0. The third kappa shape index (κ3) is 5.95. The maximum absolute atomic E-state index is 12.8. The van der Waals surface area contributed by atoms with Crippen LogP contribution in [0.3, 0.4) is 0 Å². The van der Waals surface area contributed by atoms with E-state index in [1.807, 2.05) is 29.2 Å². The van der Waals surface area contributed by atoms with E-state index in [2.05, 4.69) is 25.7 Å². The molecule has 3 rings (SSSR count). The molecular formula is C23H35N3O4. The van der Waals surface area contributed by atoms with Crippen molar-refractivity contribution in [1.29, 1.82) is 0 Å². The molecule has 1 unspecified atom stereocenters. The Morgan fingerprint density at radius 3 is 2.10 bits per heavy atom. The van der Waals surface area contributed by atoms with Gasteiger partial charge in [0.15, 0.2) is 6.10 Å². The molecule has 7 heteroatoms. The Kier molecular flexibility index (Phi) is 7.36. The van der Waals surface area contributed by atoms with Gasteiger partial charge in [0.25, 0.3) is 5.91 Å². The summed E-state index contributed by atoms with van der Waals surface area (Å²) < 4.78 is 11.2. The number of morpholine rings is 1. The van der Waals surface area contributed by atoms with Crippen LogP contribution in [0.4, 0.5) is 0 Å². The number of hydrogen-bond donors (Lipinski definition) is 0. The van der Waals surface area contributed by atoms with E-state index in [-0.39, 0.29) is 17.2 Å². The van der Waals surface area contributed by atoms with Gasteiger partial charge in [-0.3, -0.25) is 14.5 Å². The molecule has 2 heterocycles. The van der Waals surface area contributed by atoms with E-state index < -0.39 is 6.10 Å². The van der Waals surface area contributed by atoms with E-state index in [1.54, 1.807) is 11.8 Å². The summed E-state index contributed by atoms with van der Waals surface area (Å²) in [5.41, 5.74) is 1.31. The Hall–Kier alpha value is -2.12. The molecule has 2 saturated heterocycles. The first-order valence-corrected chi connectivity index (χ1v) is 10.9. The number of rotatable bonds is 5. The molecule has 0 N–H and O–H groups in total. The Morgan fingerprint density at radius 1 is 0.967 bits per heavy atom. The van der Waals surface area contributed by atoms with E-state index in [4.69, 9.17) is 9.47 Å². The largest absolute Gasteiger partial charge is 0.481 e. The van der Waals surface area contributed by atoms with Crippen molar-refractivity contribution in [2.75, 3.05) is 59.0 Å². The quantitative estimate of drug-likeness (QED) is 0.731. The first-order chi connectivity index (χ1) is 14.2. The lowest BCUT2D eigenvalue weighted by Crippen LogP contribution is -2.55. The van der Waals surface area contributed by atoms with Gasteiger partial charge in [-0.25, -0.2) is 0 Å². The minimum Gasteiger partial charge on any atom is -0.481 e. The van der Waals surface area contributed by atoms with Crippen molar-refractivity contribution in [3.05, 3.63) is 29.8 Å². The lowest BCUT2D eigenvalue weighted by Gasteiger charge is -2.37. The van der Waals surface area contributed by atoms with E-state index in [1.165, 1.54) is 5.56 Å². The van der Waals surface area contributed by atoms with Gasteiger partial charge in [0, 0.05) is 39.3 Å². The highest BCUT2D eigenvalue weighted by molar-refractivity contribution is 5.82. The van der Waals surface area contributed by atoms with Crippen LogP contribution < -0.4 is 4.74 Å². The number of nitrogens with zero attached hydrogens (tertiary/aromatic N) is 3. The molecule has 0 saturated carbocycles. The van der Waals surface area contributed by atoms with Crippen LogP contribution in [-0.2, 0) is 19.7 Å². The summed E-state index contributed by atoms with van der Waals surface area (Å²) in [5, 5.41) is 0. The van der Waals surface area contributed by atoms with Gasteiger partial charge in [0.05, 0.1) is 19.8 Å². The zero-order valence-electron chi connectivity index (χ0n) is 18.7. The highest BCUT2D eigenvalue weighted by atomic mass is 16.5. The molecule has 1 aromatic rings. The second-order valence-electron chi connectivity index (χ2n) is 9.13. The van der Waals surface area contributed by atoms with Crippen LogP contribution in [-0.4, -0.2) is 91.6 Å². The Labute approximate surface area is 179 Å². The van der Waals surface area contributed by atoms with Crippen LogP contribution in [0.25, 0.3) is 0 Å². The molecule has 2 amide bonds. The minimum absolute atomic E-state index is 0.0322. The molecule has 0 radical (unpaired) electrons. The van der Waals surface area contributed by atoms with Crippen molar-refractivity contribution >= 4 is 11.8 Å². The number of piperazine rings is 1. The molecule has 1 atom stereocenters. The van der Waals surface area contributed by atoms with Crippen molar-refractivity contribution in [2.45, 2.75) is 39.2 Å². The fourth-order valence-corrected chi connectivity index (χ4v) is 3.77. The van der Waals surface area contributed by atoms with Gasteiger partial charge in [-0.05, 0) is 30.0 Å². The predicted molar refractivity (Wildman–Crippen MR) is 116 cm³/mol. The molecule has 166 valence electrons. The zero-order valence-corrected chi connectivity index (χ0v) is 18.7.